The number of hydrogen-bond acceptors (Lipinski definition) is 2. The molecule has 5 heteroatoms. The van der Waals surface area contributed by atoms with Gasteiger partial charge < -0.3 is 10.6 Å². The minimum absolute atomic E-state index is 0.0481. The van der Waals surface area contributed by atoms with Gasteiger partial charge >= 0.3 is 0 Å². The van der Waals surface area contributed by atoms with Crippen LogP contribution >= 0.6 is 0 Å². The van der Waals surface area contributed by atoms with Crippen LogP contribution in [0.3, 0.4) is 0 Å². The number of amides is 2. The molecule has 0 unspecified atom stereocenters. The largest absolute Gasteiger partial charge is 0.370 e. The van der Waals surface area contributed by atoms with Crippen LogP contribution in [0, 0.1) is 5.82 Å². The molecule has 2 N–H and O–H groups in total. The van der Waals surface area contributed by atoms with Crippen LogP contribution < -0.4 is 5.73 Å². The zero-order valence-corrected chi connectivity index (χ0v) is 12.9. The lowest BCUT2D eigenvalue weighted by atomic mass is 10.0. The lowest BCUT2D eigenvalue weighted by Gasteiger charge is -2.27. The number of primary amides is 1. The Kier molecular flexibility index (Phi) is 5.46. The van der Waals surface area contributed by atoms with Crippen LogP contribution in [0.5, 0.6) is 0 Å². The van der Waals surface area contributed by atoms with Crippen LogP contribution in [0.2, 0.25) is 0 Å². The Labute approximate surface area is 134 Å². The monoisotopic (exact) mass is 314 g/mol. The maximum atomic E-state index is 13.0. The molecule has 0 bridgehead atoms. The third-order valence-electron chi connectivity index (χ3n) is 3.71. The van der Waals surface area contributed by atoms with Gasteiger partial charge in [0.25, 0.3) is 5.91 Å². The van der Waals surface area contributed by atoms with Gasteiger partial charge in [0.1, 0.15) is 5.82 Å². The highest BCUT2D eigenvalue weighted by Crippen LogP contribution is 2.15. The molecule has 0 saturated heterocycles. The highest BCUT2D eigenvalue weighted by atomic mass is 19.1. The van der Waals surface area contributed by atoms with Crippen LogP contribution in [-0.4, -0.2) is 29.8 Å². The van der Waals surface area contributed by atoms with Gasteiger partial charge in [-0.1, -0.05) is 30.3 Å². The van der Waals surface area contributed by atoms with Gasteiger partial charge in [0, 0.05) is 25.1 Å². The van der Waals surface area contributed by atoms with Crippen molar-refractivity contribution >= 4 is 11.8 Å². The average Bonchev–Trinajstić information content (AvgIpc) is 2.55. The van der Waals surface area contributed by atoms with Gasteiger partial charge in [-0.3, -0.25) is 9.59 Å². The summed E-state index contributed by atoms with van der Waals surface area (Å²) in [6, 6.07) is 14.4. The van der Waals surface area contributed by atoms with E-state index in [-0.39, 0.29) is 24.2 Å². The summed E-state index contributed by atoms with van der Waals surface area (Å²) in [6.07, 6.45) is 0.477. The maximum absolute atomic E-state index is 13.0. The number of nitrogens with zero attached hydrogens (tertiary/aromatic N) is 1. The molecule has 120 valence electrons. The van der Waals surface area contributed by atoms with E-state index in [0.717, 1.165) is 5.56 Å². The summed E-state index contributed by atoms with van der Waals surface area (Å²) >= 11 is 0. The first-order valence-electron chi connectivity index (χ1n) is 7.32. The van der Waals surface area contributed by atoms with Crippen molar-refractivity contribution in [2.45, 2.75) is 18.9 Å². The summed E-state index contributed by atoms with van der Waals surface area (Å²) in [4.78, 5) is 25.4. The Balaban J connectivity index is 2.18. The summed E-state index contributed by atoms with van der Waals surface area (Å²) in [7, 11) is 1.65. The highest BCUT2D eigenvalue weighted by molar-refractivity contribution is 5.94. The summed E-state index contributed by atoms with van der Waals surface area (Å²) in [5.41, 5.74) is 6.69. The van der Waals surface area contributed by atoms with E-state index in [9.17, 15) is 14.0 Å². The summed E-state index contributed by atoms with van der Waals surface area (Å²) in [5.74, 6) is -0.988. The van der Waals surface area contributed by atoms with Crippen LogP contribution in [-0.2, 0) is 11.2 Å². The fourth-order valence-electron chi connectivity index (χ4n) is 2.42. The number of carbonyl (C=O) groups is 2. The topological polar surface area (TPSA) is 63.4 Å². The summed E-state index contributed by atoms with van der Waals surface area (Å²) < 4.78 is 13.0. The van der Waals surface area contributed by atoms with Crippen LogP contribution in [0.4, 0.5) is 4.39 Å². The standard InChI is InChI=1S/C18H19FN2O2/c1-21(18(23)14-5-3-2-4-6-14)16(12-17(20)22)11-13-7-9-15(19)10-8-13/h2-10,16H,11-12H2,1H3,(H2,20,22)/t16-/m0/s1. The fourth-order valence-corrected chi connectivity index (χ4v) is 2.42. The Bertz CT molecular complexity index is 671. The van der Waals surface area contributed by atoms with Crippen molar-refractivity contribution in [3.05, 3.63) is 71.5 Å². The van der Waals surface area contributed by atoms with Crippen molar-refractivity contribution in [3.63, 3.8) is 0 Å². The maximum Gasteiger partial charge on any atom is 0.253 e. The second kappa shape index (κ2) is 7.54. The van der Waals surface area contributed by atoms with Crippen molar-refractivity contribution in [1.82, 2.24) is 4.90 Å². The van der Waals surface area contributed by atoms with Crippen molar-refractivity contribution in [3.8, 4) is 0 Å². The van der Waals surface area contributed by atoms with Crippen molar-refractivity contribution in [2.24, 2.45) is 5.73 Å². The van der Waals surface area contributed by atoms with Gasteiger partial charge in [-0.05, 0) is 36.2 Å². The second-order valence-electron chi connectivity index (χ2n) is 5.44. The van der Waals surface area contributed by atoms with Crippen molar-refractivity contribution in [2.75, 3.05) is 7.05 Å². The quantitative estimate of drug-likeness (QED) is 0.890. The highest BCUT2D eigenvalue weighted by Gasteiger charge is 2.23. The number of rotatable bonds is 6. The minimum Gasteiger partial charge on any atom is -0.370 e. The van der Waals surface area contributed by atoms with E-state index in [1.54, 1.807) is 43.4 Å². The minimum atomic E-state index is -0.482. The van der Waals surface area contributed by atoms with E-state index in [0.29, 0.717) is 12.0 Å². The molecule has 0 saturated carbocycles. The zero-order valence-electron chi connectivity index (χ0n) is 12.9. The molecule has 2 amide bonds. The number of nitrogens with two attached hydrogens (primary N) is 1. The molecule has 2 aromatic carbocycles. The van der Waals surface area contributed by atoms with Gasteiger partial charge in [-0.2, -0.15) is 0 Å². The van der Waals surface area contributed by atoms with Crippen molar-refractivity contribution < 1.29 is 14.0 Å². The predicted octanol–water partition coefficient (Wildman–Crippen LogP) is 2.38. The lowest BCUT2D eigenvalue weighted by molar-refractivity contribution is -0.118. The van der Waals surface area contributed by atoms with Crippen LogP contribution in [0.25, 0.3) is 0 Å². The smallest absolute Gasteiger partial charge is 0.253 e. The van der Waals surface area contributed by atoms with Gasteiger partial charge in [-0.25, -0.2) is 4.39 Å². The number of benzene rings is 2. The number of hydrogen-bond donors (Lipinski definition) is 1. The molecular weight excluding hydrogens is 295 g/mol. The van der Waals surface area contributed by atoms with Crippen molar-refractivity contribution in [1.29, 1.82) is 0 Å². The first-order valence-corrected chi connectivity index (χ1v) is 7.32. The lowest BCUT2D eigenvalue weighted by Crippen LogP contribution is -2.41. The second-order valence-corrected chi connectivity index (χ2v) is 5.44. The molecule has 0 aromatic heterocycles. The SMILES string of the molecule is CN(C(=O)c1ccccc1)[C@H](CC(N)=O)Cc1ccc(F)cc1. The summed E-state index contributed by atoms with van der Waals surface area (Å²) in [6.45, 7) is 0. The van der Waals surface area contributed by atoms with Gasteiger partial charge in [0.2, 0.25) is 5.91 Å². The Hall–Kier alpha value is -2.69. The molecule has 4 nitrogen and oxygen atoms in total. The molecule has 0 aliphatic carbocycles. The van der Waals surface area contributed by atoms with Crippen LogP contribution in [0.15, 0.2) is 54.6 Å². The molecule has 2 aromatic rings. The Morgan fingerprint density at radius 1 is 1.09 bits per heavy atom. The Morgan fingerprint density at radius 3 is 2.26 bits per heavy atom. The van der Waals surface area contributed by atoms with Crippen LogP contribution in [0.1, 0.15) is 22.3 Å². The van der Waals surface area contributed by atoms with E-state index in [2.05, 4.69) is 0 Å². The molecule has 0 fully saturated rings. The average molecular weight is 314 g/mol. The van der Waals surface area contributed by atoms with E-state index >= 15 is 0 Å². The molecule has 2 rings (SSSR count). The van der Waals surface area contributed by atoms with Gasteiger partial charge in [0.15, 0.2) is 0 Å². The molecule has 0 radical (unpaired) electrons. The molecule has 0 spiro atoms. The molecule has 0 aliphatic rings. The van der Waals surface area contributed by atoms with E-state index in [4.69, 9.17) is 5.73 Å². The molecular formula is C18H19FN2O2. The molecule has 1 atom stereocenters. The number of halogens is 1. The molecule has 23 heavy (non-hydrogen) atoms. The van der Waals surface area contributed by atoms with E-state index in [1.165, 1.54) is 17.0 Å². The summed E-state index contributed by atoms with van der Waals surface area (Å²) in [5, 5.41) is 0. The normalized spacial score (nSPS) is 11.7. The molecule has 0 heterocycles. The van der Waals surface area contributed by atoms with Gasteiger partial charge in [0.05, 0.1) is 0 Å². The predicted molar refractivity (Wildman–Crippen MR) is 86.2 cm³/mol. The third kappa shape index (κ3) is 4.64. The fraction of sp³-hybridized carbons (Fsp3) is 0.222. The van der Waals surface area contributed by atoms with E-state index in [1.807, 2.05) is 6.07 Å². The van der Waals surface area contributed by atoms with Gasteiger partial charge in [-0.15, -0.1) is 0 Å². The third-order valence-corrected chi connectivity index (χ3v) is 3.71. The first kappa shape index (κ1) is 16.7. The first-order chi connectivity index (χ1) is 11.0. The zero-order chi connectivity index (χ0) is 16.8. The van der Waals surface area contributed by atoms with E-state index < -0.39 is 5.91 Å². The Morgan fingerprint density at radius 2 is 1.70 bits per heavy atom. The molecule has 0 aliphatic heterocycles. The number of carbonyl (C=O) groups excluding carboxylic acids is 2. The number of likely N-dealkylation sites (N-methyl/N-ethyl adjacent to an activating group) is 1.